The van der Waals surface area contributed by atoms with Crippen molar-refractivity contribution in [2.45, 2.75) is 4.90 Å². The maximum absolute atomic E-state index is 11.9. The summed E-state index contributed by atoms with van der Waals surface area (Å²) in [7, 11) is -7.32. The summed E-state index contributed by atoms with van der Waals surface area (Å²) < 4.78 is 46.4. The van der Waals surface area contributed by atoms with Gasteiger partial charge in [0.1, 0.15) is 0 Å². The summed E-state index contributed by atoms with van der Waals surface area (Å²) in [5, 5.41) is 9.82. The molecule has 0 radical (unpaired) electrons. The van der Waals surface area contributed by atoms with E-state index < -0.39 is 31.4 Å². The van der Waals surface area contributed by atoms with Gasteiger partial charge in [0.15, 0.2) is 9.84 Å². The predicted octanol–water partition coefficient (Wildman–Crippen LogP) is 0.558. The maximum Gasteiger partial charge on any atom is 0.337 e. The summed E-state index contributed by atoms with van der Waals surface area (Å²) in [4.78, 5) is 10.7. The Balaban J connectivity index is 2.72. The van der Waals surface area contributed by atoms with Crippen molar-refractivity contribution in [3.05, 3.63) is 34.7 Å². The first kappa shape index (κ1) is 13.8. The molecule has 0 saturated carbocycles. The standard InChI is InChI=1S/C11H10O6S2/c1-18(14,15)5-7-6-19(16,17)10-8(7)3-2-4-9(10)11(12)13/h2-4,6H,5H2,1H3,(H,12,13). The molecule has 1 aliphatic heterocycles. The van der Waals surface area contributed by atoms with Crippen molar-refractivity contribution in [2.75, 3.05) is 12.0 Å². The monoisotopic (exact) mass is 302 g/mol. The molecule has 19 heavy (non-hydrogen) atoms. The van der Waals surface area contributed by atoms with Crippen LogP contribution in [0.15, 0.2) is 28.5 Å². The molecule has 1 aliphatic rings. The minimum absolute atomic E-state index is 0.0978. The van der Waals surface area contributed by atoms with Crippen LogP contribution < -0.4 is 0 Å². The van der Waals surface area contributed by atoms with Gasteiger partial charge in [0.25, 0.3) is 0 Å². The van der Waals surface area contributed by atoms with Gasteiger partial charge in [-0.1, -0.05) is 12.1 Å². The van der Waals surface area contributed by atoms with Gasteiger partial charge in [0.2, 0.25) is 9.84 Å². The zero-order valence-corrected chi connectivity index (χ0v) is 11.5. The molecule has 0 unspecified atom stereocenters. The summed E-state index contributed by atoms with van der Waals surface area (Å²) in [6.07, 6.45) is 0.986. The van der Waals surface area contributed by atoms with Crippen LogP contribution in [0.2, 0.25) is 0 Å². The zero-order chi connectivity index (χ0) is 14.4. The second-order valence-electron chi connectivity index (χ2n) is 4.25. The van der Waals surface area contributed by atoms with Gasteiger partial charge in [0, 0.05) is 11.7 Å². The van der Waals surface area contributed by atoms with E-state index in [1.54, 1.807) is 0 Å². The fourth-order valence-corrected chi connectivity index (χ4v) is 4.55. The number of benzene rings is 1. The molecule has 0 saturated heterocycles. The number of carboxylic acid groups (broad SMARTS) is 1. The van der Waals surface area contributed by atoms with Crippen LogP contribution in [0, 0.1) is 0 Å². The summed E-state index contributed by atoms with van der Waals surface area (Å²) in [5.74, 6) is -1.81. The number of sulfone groups is 2. The third-order valence-electron chi connectivity index (χ3n) is 2.59. The average molecular weight is 302 g/mol. The Labute approximate surface area is 110 Å². The van der Waals surface area contributed by atoms with Gasteiger partial charge in [0.05, 0.1) is 16.2 Å². The molecule has 8 heteroatoms. The lowest BCUT2D eigenvalue weighted by Gasteiger charge is -2.05. The number of hydrogen-bond donors (Lipinski definition) is 1. The molecule has 1 aromatic carbocycles. The zero-order valence-electron chi connectivity index (χ0n) is 9.82. The number of carbonyl (C=O) groups is 1. The van der Waals surface area contributed by atoms with E-state index in [1.807, 2.05) is 0 Å². The molecule has 0 bridgehead atoms. The van der Waals surface area contributed by atoms with E-state index in [4.69, 9.17) is 5.11 Å². The average Bonchev–Trinajstić information content (AvgIpc) is 2.48. The van der Waals surface area contributed by atoms with E-state index in [0.717, 1.165) is 11.7 Å². The lowest BCUT2D eigenvalue weighted by Crippen LogP contribution is -2.07. The normalized spacial score (nSPS) is 16.8. The molecule has 0 amide bonds. The first-order chi connectivity index (χ1) is 8.62. The van der Waals surface area contributed by atoms with Crippen LogP contribution in [-0.4, -0.2) is 39.9 Å². The smallest absolute Gasteiger partial charge is 0.337 e. The third kappa shape index (κ3) is 2.54. The number of hydrogen-bond acceptors (Lipinski definition) is 5. The van der Waals surface area contributed by atoms with Crippen LogP contribution in [0.5, 0.6) is 0 Å². The van der Waals surface area contributed by atoms with E-state index in [1.165, 1.54) is 18.2 Å². The van der Waals surface area contributed by atoms with Gasteiger partial charge >= 0.3 is 5.97 Å². The maximum atomic E-state index is 11.9. The Hall–Kier alpha value is -1.67. The Morgan fingerprint density at radius 1 is 1.32 bits per heavy atom. The van der Waals surface area contributed by atoms with Crippen LogP contribution in [0.1, 0.15) is 15.9 Å². The van der Waals surface area contributed by atoms with E-state index in [-0.39, 0.29) is 21.6 Å². The summed E-state index contributed by atoms with van der Waals surface area (Å²) in [5.41, 5.74) is -0.108. The molecular weight excluding hydrogens is 292 g/mol. The van der Waals surface area contributed by atoms with Gasteiger partial charge < -0.3 is 5.11 Å². The van der Waals surface area contributed by atoms with Crippen molar-refractivity contribution in [3.8, 4) is 0 Å². The molecule has 0 fully saturated rings. The fourth-order valence-electron chi connectivity index (χ4n) is 1.97. The topological polar surface area (TPSA) is 106 Å². The summed E-state index contributed by atoms with van der Waals surface area (Å²) >= 11 is 0. The molecule has 2 rings (SSSR count). The van der Waals surface area contributed by atoms with Gasteiger partial charge in [-0.05, 0) is 17.2 Å². The fraction of sp³-hybridized carbons (Fsp3) is 0.182. The van der Waals surface area contributed by atoms with Crippen LogP contribution in [0.4, 0.5) is 0 Å². The highest BCUT2D eigenvalue weighted by Crippen LogP contribution is 2.36. The Morgan fingerprint density at radius 2 is 1.95 bits per heavy atom. The third-order valence-corrected chi connectivity index (χ3v) is 5.03. The van der Waals surface area contributed by atoms with Crippen molar-refractivity contribution in [3.63, 3.8) is 0 Å². The molecular formula is C11H10O6S2. The van der Waals surface area contributed by atoms with Crippen molar-refractivity contribution in [1.29, 1.82) is 0 Å². The van der Waals surface area contributed by atoms with Gasteiger partial charge in [-0.25, -0.2) is 21.6 Å². The first-order valence-electron chi connectivity index (χ1n) is 5.12. The minimum atomic E-state index is -3.91. The van der Waals surface area contributed by atoms with Gasteiger partial charge in [-0.15, -0.1) is 0 Å². The Kier molecular flexibility index (Phi) is 3.02. The highest BCUT2D eigenvalue weighted by Gasteiger charge is 2.32. The quantitative estimate of drug-likeness (QED) is 0.874. The van der Waals surface area contributed by atoms with E-state index in [2.05, 4.69) is 0 Å². The molecule has 0 aliphatic carbocycles. The molecule has 0 aromatic heterocycles. The van der Waals surface area contributed by atoms with E-state index >= 15 is 0 Å². The van der Waals surface area contributed by atoms with Crippen molar-refractivity contribution >= 4 is 31.2 Å². The molecule has 1 N–H and O–H groups in total. The predicted molar refractivity (Wildman–Crippen MR) is 68.3 cm³/mol. The van der Waals surface area contributed by atoms with Crippen molar-refractivity contribution < 1.29 is 26.7 Å². The van der Waals surface area contributed by atoms with Crippen LogP contribution in [0.25, 0.3) is 5.57 Å². The lowest BCUT2D eigenvalue weighted by atomic mass is 10.1. The molecule has 102 valence electrons. The summed E-state index contributed by atoms with van der Waals surface area (Å²) in [6.45, 7) is 0. The molecule has 0 atom stereocenters. The Morgan fingerprint density at radius 3 is 2.47 bits per heavy atom. The first-order valence-corrected chi connectivity index (χ1v) is 8.72. The second-order valence-corrected chi connectivity index (χ2v) is 8.12. The largest absolute Gasteiger partial charge is 0.478 e. The van der Waals surface area contributed by atoms with Crippen molar-refractivity contribution in [2.24, 2.45) is 0 Å². The number of fused-ring (bicyclic) bond motifs is 1. The molecule has 6 nitrogen and oxygen atoms in total. The minimum Gasteiger partial charge on any atom is -0.478 e. The molecule has 1 aromatic rings. The molecule has 0 spiro atoms. The van der Waals surface area contributed by atoms with Crippen LogP contribution >= 0.6 is 0 Å². The molecule has 1 heterocycles. The highest BCUT2D eigenvalue weighted by atomic mass is 32.2. The number of aromatic carboxylic acids is 1. The highest BCUT2D eigenvalue weighted by molar-refractivity contribution is 7.95. The lowest BCUT2D eigenvalue weighted by molar-refractivity contribution is 0.0692. The van der Waals surface area contributed by atoms with Crippen LogP contribution in [-0.2, 0) is 19.7 Å². The summed E-state index contributed by atoms with van der Waals surface area (Å²) in [6, 6.07) is 3.97. The number of rotatable bonds is 3. The van der Waals surface area contributed by atoms with E-state index in [9.17, 15) is 21.6 Å². The number of carboxylic acids is 1. The van der Waals surface area contributed by atoms with Crippen molar-refractivity contribution in [1.82, 2.24) is 0 Å². The second kappa shape index (κ2) is 4.17. The van der Waals surface area contributed by atoms with Gasteiger partial charge in [-0.2, -0.15) is 0 Å². The van der Waals surface area contributed by atoms with E-state index in [0.29, 0.717) is 0 Å². The SMILES string of the molecule is CS(=O)(=O)CC1=CS(=O)(=O)c2c(C(=O)O)cccc21. The Bertz CT molecular complexity index is 800. The van der Waals surface area contributed by atoms with Crippen LogP contribution in [0.3, 0.4) is 0 Å². The van der Waals surface area contributed by atoms with Gasteiger partial charge in [-0.3, -0.25) is 0 Å².